The van der Waals surface area contributed by atoms with Gasteiger partial charge in [0.1, 0.15) is 0 Å². The van der Waals surface area contributed by atoms with Crippen LogP contribution in [0.25, 0.3) is 0 Å². The van der Waals surface area contributed by atoms with E-state index in [0.717, 1.165) is 38.5 Å². The predicted molar refractivity (Wildman–Crippen MR) is 63.3 cm³/mol. The fraction of sp³-hybridized carbons (Fsp3) is 0.929. The third-order valence-corrected chi connectivity index (χ3v) is 5.50. The quantitative estimate of drug-likeness (QED) is 0.767. The van der Waals surface area contributed by atoms with Crippen molar-refractivity contribution in [1.82, 2.24) is 0 Å². The molecule has 3 rings (SSSR count). The highest BCUT2D eigenvalue weighted by Crippen LogP contribution is 2.65. The zero-order valence-electron chi connectivity index (χ0n) is 10.6. The Morgan fingerprint density at radius 3 is 2.59 bits per heavy atom. The molecule has 0 aromatic rings. The highest BCUT2D eigenvalue weighted by molar-refractivity contribution is 5.80. The zero-order chi connectivity index (χ0) is 12.1. The van der Waals surface area contributed by atoms with E-state index < -0.39 is 11.0 Å². The van der Waals surface area contributed by atoms with Gasteiger partial charge in [-0.05, 0) is 57.3 Å². The van der Waals surface area contributed by atoms with Crippen molar-refractivity contribution in [3.05, 3.63) is 0 Å². The minimum atomic E-state index is -0.751. The number of aliphatic hydroxyl groups is 1. The van der Waals surface area contributed by atoms with E-state index in [1.807, 2.05) is 6.92 Å². The van der Waals surface area contributed by atoms with Gasteiger partial charge in [-0.1, -0.05) is 6.42 Å². The molecule has 2 bridgehead atoms. The van der Waals surface area contributed by atoms with Crippen LogP contribution >= 0.6 is 0 Å². The molecule has 3 heteroatoms. The van der Waals surface area contributed by atoms with Gasteiger partial charge >= 0.3 is 5.97 Å². The highest BCUT2D eigenvalue weighted by atomic mass is 16.5. The van der Waals surface area contributed by atoms with Crippen molar-refractivity contribution in [1.29, 1.82) is 0 Å². The van der Waals surface area contributed by atoms with Crippen LogP contribution in [0.15, 0.2) is 0 Å². The lowest BCUT2D eigenvalue weighted by atomic mass is 9.55. The predicted octanol–water partition coefficient (Wildman–Crippen LogP) is 2.27. The van der Waals surface area contributed by atoms with E-state index in [0.29, 0.717) is 18.4 Å². The minimum absolute atomic E-state index is 0.116. The van der Waals surface area contributed by atoms with E-state index in [9.17, 15) is 9.90 Å². The number of rotatable bonds is 3. The van der Waals surface area contributed by atoms with Crippen LogP contribution in [-0.2, 0) is 9.53 Å². The van der Waals surface area contributed by atoms with Gasteiger partial charge in [0.2, 0.25) is 0 Å². The molecule has 96 valence electrons. The van der Waals surface area contributed by atoms with E-state index in [-0.39, 0.29) is 5.97 Å². The molecule has 3 aliphatic carbocycles. The smallest absolute Gasteiger partial charge is 0.315 e. The molecule has 0 aromatic carbocycles. The summed E-state index contributed by atoms with van der Waals surface area (Å²) in [6.07, 6.45) is 6.96. The Hall–Kier alpha value is -0.570. The van der Waals surface area contributed by atoms with Crippen molar-refractivity contribution < 1.29 is 14.6 Å². The second kappa shape index (κ2) is 3.71. The maximum absolute atomic E-state index is 12.4. The summed E-state index contributed by atoms with van der Waals surface area (Å²) >= 11 is 0. The molecule has 0 amide bonds. The zero-order valence-corrected chi connectivity index (χ0v) is 10.6. The van der Waals surface area contributed by atoms with Crippen molar-refractivity contribution in [2.24, 2.45) is 17.3 Å². The Labute approximate surface area is 103 Å². The fourth-order valence-electron chi connectivity index (χ4n) is 4.56. The van der Waals surface area contributed by atoms with Gasteiger partial charge in [0, 0.05) is 0 Å². The van der Waals surface area contributed by atoms with Crippen LogP contribution in [0.4, 0.5) is 0 Å². The highest BCUT2D eigenvalue weighted by Gasteiger charge is 2.67. The number of fused-ring (bicyclic) bond motifs is 2. The summed E-state index contributed by atoms with van der Waals surface area (Å²) in [4.78, 5) is 12.4. The van der Waals surface area contributed by atoms with Gasteiger partial charge in [0.15, 0.2) is 0 Å². The normalized spacial score (nSPS) is 42.2. The molecule has 3 fully saturated rings. The lowest BCUT2D eigenvalue weighted by molar-refractivity contribution is -0.201. The van der Waals surface area contributed by atoms with E-state index in [1.165, 1.54) is 6.42 Å². The average Bonchev–Trinajstić information content (AvgIpc) is 2.86. The van der Waals surface area contributed by atoms with Gasteiger partial charge in [-0.15, -0.1) is 0 Å². The molecule has 3 nitrogen and oxygen atoms in total. The van der Waals surface area contributed by atoms with E-state index in [2.05, 4.69) is 0 Å². The summed E-state index contributed by atoms with van der Waals surface area (Å²) in [6.45, 7) is 2.28. The maximum Gasteiger partial charge on any atom is 0.315 e. The number of hydrogen-bond acceptors (Lipinski definition) is 3. The van der Waals surface area contributed by atoms with Gasteiger partial charge < -0.3 is 9.84 Å². The second-order valence-electron chi connectivity index (χ2n) is 6.16. The standard InChI is InChI=1S/C14H22O3/c1-2-17-12(15)14(13(16)6-3-7-13)9-10-4-5-11(14)8-10/h10-11,16H,2-9H2,1H3. The van der Waals surface area contributed by atoms with Crippen molar-refractivity contribution in [2.45, 2.75) is 57.5 Å². The fourth-order valence-corrected chi connectivity index (χ4v) is 4.56. The first-order valence-electron chi connectivity index (χ1n) is 7.02. The van der Waals surface area contributed by atoms with Gasteiger partial charge in [-0.3, -0.25) is 4.79 Å². The van der Waals surface area contributed by atoms with Crippen LogP contribution in [-0.4, -0.2) is 23.3 Å². The summed E-state index contributed by atoms with van der Waals surface area (Å²) in [6, 6.07) is 0. The summed E-state index contributed by atoms with van der Waals surface area (Å²) in [7, 11) is 0. The summed E-state index contributed by atoms with van der Waals surface area (Å²) in [5, 5.41) is 10.8. The molecule has 0 spiro atoms. The van der Waals surface area contributed by atoms with Gasteiger partial charge in [0.25, 0.3) is 0 Å². The molecule has 0 radical (unpaired) electrons. The SMILES string of the molecule is CCOC(=O)C1(C2(O)CCC2)CC2CCC1C2. The molecule has 0 heterocycles. The molecule has 3 atom stereocenters. The molecule has 1 N–H and O–H groups in total. The molecule has 17 heavy (non-hydrogen) atoms. The largest absolute Gasteiger partial charge is 0.465 e. The van der Waals surface area contributed by atoms with E-state index in [1.54, 1.807) is 0 Å². The van der Waals surface area contributed by atoms with Crippen molar-refractivity contribution in [3.63, 3.8) is 0 Å². The molecule has 3 unspecified atom stereocenters. The number of carbonyl (C=O) groups excluding carboxylic acids is 1. The molecule has 3 aliphatic rings. The Kier molecular flexibility index (Phi) is 2.51. The Morgan fingerprint density at radius 2 is 2.18 bits per heavy atom. The van der Waals surface area contributed by atoms with Crippen LogP contribution in [0.1, 0.15) is 51.9 Å². The molecule has 0 aliphatic heterocycles. The number of carbonyl (C=O) groups is 1. The number of hydrogen-bond donors (Lipinski definition) is 1. The van der Waals surface area contributed by atoms with Gasteiger partial charge in [0.05, 0.1) is 17.6 Å². The minimum Gasteiger partial charge on any atom is -0.465 e. The lowest BCUT2D eigenvalue weighted by Gasteiger charge is -2.52. The molecule has 3 saturated carbocycles. The number of esters is 1. The first-order chi connectivity index (χ1) is 8.12. The molecular formula is C14H22O3. The van der Waals surface area contributed by atoms with Crippen molar-refractivity contribution >= 4 is 5.97 Å². The average molecular weight is 238 g/mol. The van der Waals surface area contributed by atoms with Gasteiger partial charge in [-0.25, -0.2) is 0 Å². The summed E-state index contributed by atoms with van der Waals surface area (Å²) in [5.74, 6) is 0.903. The topological polar surface area (TPSA) is 46.5 Å². The van der Waals surface area contributed by atoms with E-state index in [4.69, 9.17) is 4.74 Å². The molecule has 0 aromatic heterocycles. The monoisotopic (exact) mass is 238 g/mol. The first-order valence-corrected chi connectivity index (χ1v) is 7.02. The van der Waals surface area contributed by atoms with E-state index >= 15 is 0 Å². The van der Waals surface area contributed by atoms with Crippen LogP contribution in [0, 0.1) is 17.3 Å². The molecular weight excluding hydrogens is 216 g/mol. The van der Waals surface area contributed by atoms with Crippen molar-refractivity contribution in [3.8, 4) is 0 Å². The van der Waals surface area contributed by atoms with Crippen molar-refractivity contribution in [2.75, 3.05) is 6.61 Å². The summed E-state index contributed by atoms with van der Waals surface area (Å²) in [5.41, 5.74) is -1.30. The Bertz CT molecular complexity index is 334. The van der Waals surface area contributed by atoms with Crippen LogP contribution in [0.5, 0.6) is 0 Å². The van der Waals surface area contributed by atoms with Crippen LogP contribution < -0.4 is 0 Å². The first kappa shape index (κ1) is 11.5. The molecule has 0 saturated heterocycles. The third kappa shape index (κ3) is 1.35. The lowest BCUT2D eigenvalue weighted by Crippen LogP contribution is -2.60. The summed E-state index contributed by atoms with van der Waals surface area (Å²) < 4.78 is 5.30. The third-order valence-electron chi connectivity index (χ3n) is 5.50. The van der Waals surface area contributed by atoms with Gasteiger partial charge in [-0.2, -0.15) is 0 Å². The number of ether oxygens (including phenoxy) is 1. The Morgan fingerprint density at radius 1 is 1.41 bits per heavy atom. The van der Waals surface area contributed by atoms with Crippen LogP contribution in [0.2, 0.25) is 0 Å². The maximum atomic E-state index is 12.4. The van der Waals surface area contributed by atoms with Crippen LogP contribution in [0.3, 0.4) is 0 Å². The second-order valence-corrected chi connectivity index (χ2v) is 6.16. The Balaban J connectivity index is 1.93.